The molecular weight excluding hydrogens is 346 g/mol. The molecule has 0 saturated heterocycles. The monoisotopic (exact) mass is 361 g/mol. The molecule has 0 saturated carbocycles. The van der Waals surface area contributed by atoms with E-state index in [2.05, 4.69) is 10.6 Å². The Morgan fingerprint density at radius 3 is 2.64 bits per heavy atom. The molecule has 0 atom stereocenters. The lowest BCUT2D eigenvalue weighted by Crippen LogP contribution is -2.18. The number of nitrogens with zero attached hydrogens (tertiary/aromatic N) is 1. The lowest BCUT2D eigenvalue weighted by Gasteiger charge is -2.10. The lowest BCUT2D eigenvalue weighted by molar-refractivity contribution is -0.380. The van der Waals surface area contributed by atoms with E-state index in [4.69, 9.17) is 4.74 Å². The Morgan fingerprint density at radius 2 is 2.04 bits per heavy atom. The number of nitro groups is 1. The summed E-state index contributed by atoms with van der Waals surface area (Å²) in [5.74, 6) is -0.355. The SMILES string of the molecule is CNC(=O)c1ccc(NC(=O)/C=C/c2ccc([N+](=O)[O-])s2)c(OC)c1. The zero-order valence-electron chi connectivity index (χ0n) is 13.4. The number of amides is 2. The minimum atomic E-state index is -0.485. The molecular formula is C16H15N3O5S. The zero-order chi connectivity index (χ0) is 18.4. The van der Waals surface area contributed by atoms with E-state index in [9.17, 15) is 19.7 Å². The zero-order valence-corrected chi connectivity index (χ0v) is 14.3. The van der Waals surface area contributed by atoms with Gasteiger partial charge >= 0.3 is 5.00 Å². The number of carbonyl (C=O) groups is 2. The van der Waals surface area contributed by atoms with Crippen LogP contribution in [0.4, 0.5) is 10.7 Å². The summed E-state index contributed by atoms with van der Waals surface area (Å²) in [5.41, 5.74) is 0.806. The summed E-state index contributed by atoms with van der Waals surface area (Å²) in [4.78, 5) is 34.4. The minimum absolute atomic E-state index is 0.00603. The van der Waals surface area contributed by atoms with Crippen LogP contribution in [0.25, 0.3) is 6.08 Å². The summed E-state index contributed by atoms with van der Waals surface area (Å²) < 4.78 is 5.18. The average Bonchev–Trinajstić information content (AvgIpc) is 3.09. The smallest absolute Gasteiger partial charge is 0.324 e. The van der Waals surface area contributed by atoms with Gasteiger partial charge in [-0.1, -0.05) is 11.3 Å². The molecule has 2 aromatic rings. The first-order valence-corrected chi connectivity index (χ1v) is 7.89. The van der Waals surface area contributed by atoms with Gasteiger partial charge < -0.3 is 15.4 Å². The molecule has 0 aliphatic rings. The van der Waals surface area contributed by atoms with Crippen LogP contribution in [0.3, 0.4) is 0 Å². The molecule has 0 aliphatic heterocycles. The number of carbonyl (C=O) groups excluding carboxylic acids is 2. The quantitative estimate of drug-likeness (QED) is 0.467. The second kappa shape index (κ2) is 8.06. The van der Waals surface area contributed by atoms with Crippen molar-refractivity contribution >= 4 is 39.9 Å². The molecule has 1 heterocycles. The summed E-state index contributed by atoms with van der Waals surface area (Å²) in [6.45, 7) is 0. The van der Waals surface area contributed by atoms with Crippen LogP contribution >= 0.6 is 11.3 Å². The van der Waals surface area contributed by atoms with Gasteiger partial charge in [-0.25, -0.2) is 0 Å². The van der Waals surface area contributed by atoms with Crippen molar-refractivity contribution in [3.63, 3.8) is 0 Å². The number of thiophene rings is 1. The Labute approximate surface area is 147 Å². The highest BCUT2D eigenvalue weighted by molar-refractivity contribution is 7.16. The highest BCUT2D eigenvalue weighted by Gasteiger charge is 2.11. The summed E-state index contributed by atoms with van der Waals surface area (Å²) >= 11 is 0.970. The summed E-state index contributed by atoms with van der Waals surface area (Å²) in [6, 6.07) is 7.57. The van der Waals surface area contributed by atoms with Gasteiger partial charge in [-0.3, -0.25) is 19.7 Å². The van der Waals surface area contributed by atoms with Crippen LogP contribution in [-0.2, 0) is 4.79 Å². The Hall–Kier alpha value is -3.20. The van der Waals surface area contributed by atoms with Crippen LogP contribution in [0.2, 0.25) is 0 Å². The molecule has 2 amide bonds. The van der Waals surface area contributed by atoms with E-state index in [0.29, 0.717) is 21.9 Å². The van der Waals surface area contributed by atoms with Crippen molar-refractivity contribution in [3.8, 4) is 5.75 Å². The molecule has 1 aromatic carbocycles. The lowest BCUT2D eigenvalue weighted by atomic mass is 10.1. The third-order valence-corrected chi connectivity index (χ3v) is 4.14. The maximum atomic E-state index is 12.0. The largest absolute Gasteiger partial charge is 0.495 e. The van der Waals surface area contributed by atoms with Crippen molar-refractivity contribution in [2.75, 3.05) is 19.5 Å². The normalized spacial score (nSPS) is 10.5. The standard InChI is InChI=1S/C16H15N3O5S/c1-17-16(21)10-3-6-12(13(9-10)24-2)18-14(20)7-4-11-5-8-15(25-11)19(22)23/h3-9H,1-2H3,(H,17,21)(H,18,20)/b7-4+. The molecule has 9 heteroatoms. The molecule has 130 valence electrons. The van der Waals surface area contributed by atoms with Crippen LogP contribution in [0.1, 0.15) is 15.2 Å². The number of anilines is 1. The van der Waals surface area contributed by atoms with Gasteiger partial charge in [0, 0.05) is 29.6 Å². The van der Waals surface area contributed by atoms with Crippen LogP contribution in [0.5, 0.6) is 5.75 Å². The van der Waals surface area contributed by atoms with Gasteiger partial charge in [-0.05, 0) is 30.3 Å². The van der Waals surface area contributed by atoms with Gasteiger partial charge in [-0.15, -0.1) is 0 Å². The second-order valence-electron chi connectivity index (χ2n) is 4.75. The van der Waals surface area contributed by atoms with Crippen LogP contribution in [0, 0.1) is 10.1 Å². The van der Waals surface area contributed by atoms with Gasteiger partial charge in [0.25, 0.3) is 5.91 Å². The molecule has 0 unspecified atom stereocenters. The Balaban J connectivity index is 2.10. The number of nitrogens with one attached hydrogen (secondary N) is 2. The Bertz CT molecular complexity index is 844. The summed E-state index contributed by atoms with van der Waals surface area (Å²) in [6.07, 6.45) is 2.75. The number of ether oxygens (including phenoxy) is 1. The van der Waals surface area contributed by atoms with Gasteiger partial charge in [0.1, 0.15) is 5.75 Å². The predicted octanol–water partition coefficient (Wildman–Crippen LogP) is 2.68. The fourth-order valence-electron chi connectivity index (χ4n) is 1.94. The maximum Gasteiger partial charge on any atom is 0.324 e. The van der Waals surface area contributed by atoms with E-state index in [1.165, 1.54) is 38.4 Å². The predicted molar refractivity (Wildman–Crippen MR) is 95.0 cm³/mol. The van der Waals surface area contributed by atoms with E-state index >= 15 is 0 Å². The minimum Gasteiger partial charge on any atom is -0.495 e. The van der Waals surface area contributed by atoms with Crippen LogP contribution in [0.15, 0.2) is 36.4 Å². The maximum absolute atomic E-state index is 12.0. The van der Waals surface area contributed by atoms with Crippen molar-refractivity contribution in [2.24, 2.45) is 0 Å². The van der Waals surface area contributed by atoms with Crippen molar-refractivity contribution in [3.05, 3.63) is 57.0 Å². The topological polar surface area (TPSA) is 111 Å². The highest BCUT2D eigenvalue weighted by Crippen LogP contribution is 2.27. The fraction of sp³-hybridized carbons (Fsp3) is 0.125. The highest BCUT2D eigenvalue weighted by atomic mass is 32.1. The third kappa shape index (κ3) is 4.64. The molecule has 25 heavy (non-hydrogen) atoms. The summed E-state index contributed by atoms with van der Waals surface area (Å²) in [7, 11) is 2.95. The number of rotatable bonds is 6. The number of hydrogen-bond acceptors (Lipinski definition) is 6. The van der Waals surface area contributed by atoms with Crippen molar-refractivity contribution in [1.29, 1.82) is 0 Å². The molecule has 0 spiro atoms. The first-order valence-electron chi connectivity index (χ1n) is 7.08. The average molecular weight is 361 g/mol. The molecule has 2 rings (SSSR count). The molecule has 1 aromatic heterocycles. The van der Waals surface area contributed by atoms with E-state index < -0.39 is 10.8 Å². The van der Waals surface area contributed by atoms with Gasteiger partial charge in [0.2, 0.25) is 5.91 Å². The van der Waals surface area contributed by atoms with E-state index in [0.717, 1.165) is 11.3 Å². The van der Waals surface area contributed by atoms with Gasteiger partial charge in [0.05, 0.1) is 17.7 Å². The van der Waals surface area contributed by atoms with Crippen LogP contribution in [-0.4, -0.2) is 30.9 Å². The van der Waals surface area contributed by atoms with Crippen molar-refractivity contribution in [1.82, 2.24) is 5.32 Å². The Morgan fingerprint density at radius 1 is 1.28 bits per heavy atom. The van der Waals surface area contributed by atoms with E-state index in [-0.39, 0.29) is 10.9 Å². The fourth-order valence-corrected chi connectivity index (χ4v) is 2.67. The molecule has 0 radical (unpaired) electrons. The molecule has 0 aliphatic carbocycles. The Kier molecular flexibility index (Phi) is 5.85. The van der Waals surface area contributed by atoms with E-state index in [1.54, 1.807) is 18.2 Å². The molecule has 0 fully saturated rings. The number of methoxy groups -OCH3 is 1. The number of hydrogen-bond donors (Lipinski definition) is 2. The van der Waals surface area contributed by atoms with E-state index in [1.807, 2.05) is 0 Å². The van der Waals surface area contributed by atoms with Gasteiger partial charge in [0.15, 0.2) is 0 Å². The number of benzene rings is 1. The first-order chi connectivity index (χ1) is 11.9. The molecule has 2 N–H and O–H groups in total. The van der Waals surface area contributed by atoms with Gasteiger partial charge in [-0.2, -0.15) is 0 Å². The second-order valence-corrected chi connectivity index (χ2v) is 5.84. The van der Waals surface area contributed by atoms with Crippen molar-refractivity contribution in [2.45, 2.75) is 0 Å². The molecule has 0 bridgehead atoms. The first kappa shape index (κ1) is 18.1. The van der Waals surface area contributed by atoms with Crippen molar-refractivity contribution < 1.29 is 19.2 Å². The third-order valence-electron chi connectivity index (χ3n) is 3.14. The van der Waals surface area contributed by atoms with Crippen LogP contribution < -0.4 is 15.4 Å². The summed E-state index contributed by atoms with van der Waals surface area (Å²) in [5, 5.41) is 15.8. The molecule has 8 nitrogen and oxygen atoms in total.